The van der Waals surface area contributed by atoms with Crippen molar-refractivity contribution < 1.29 is 17.9 Å². The van der Waals surface area contributed by atoms with Gasteiger partial charge in [0, 0.05) is 20.9 Å². The van der Waals surface area contributed by atoms with Gasteiger partial charge < -0.3 is 4.74 Å². The van der Waals surface area contributed by atoms with E-state index in [2.05, 4.69) is 9.72 Å². The van der Waals surface area contributed by atoms with Crippen LogP contribution >= 0.6 is 34.2 Å². The summed E-state index contributed by atoms with van der Waals surface area (Å²) in [4.78, 5) is 3.91. The molecule has 1 aromatic carbocycles. The van der Waals surface area contributed by atoms with Gasteiger partial charge >= 0.3 is 6.36 Å². The summed E-state index contributed by atoms with van der Waals surface area (Å²) in [5.74, 6) is -0.305. The molecule has 2 nitrogen and oxygen atoms in total. The molecule has 0 atom stereocenters. The zero-order chi connectivity index (χ0) is 14.0. The molecule has 0 aliphatic rings. The number of alkyl halides is 3. The summed E-state index contributed by atoms with van der Waals surface area (Å²) in [5, 5.41) is 0.124. The molecule has 0 N–H and O–H groups in total. The SMILES string of the molecule is FC(F)(F)Oc1ccccc1-c1cc(I)cnc1Cl. The maximum absolute atomic E-state index is 12.3. The predicted octanol–water partition coefficient (Wildman–Crippen LogP) is 4.91. The highest BCUT2D eigenvalue weighted by Gasteiger charge is 2.32. The minimum absolute atomic E-state index is 0.124. The van der Waals surface area contributed by atoms with Crippen molar-refractivity contribution in [1.82, 2.24) is 4.98 Å². The van der Waals surface area contributed by atoms with Crippen LogP contribution in [0.5, 0.6) is 5.75 Å². The number of aromatic nitrogens is 1. The molecule has 0 aliphatic carbocycles. The zero-order valence-corrected chi connectivity index (χ0v) is 12.1. The Morgan fingerprint density at radius 2 is 1.84 bits per heavy atom. The molecule has 0 aliphatic heterocycles. The average Bonchev–Trinajstić information content (AvgIpc) is 2.31. The van der Waals surface area contributed by atoms with Crippen molar-refractivity contribution in [2.24, 2.45) is 0 Å². The Bertz CT molecular complexity index is 604. The van der Waals surface area contributed by atoms with E-state index in [-0.39, 0.29) is 16.5 Å². The molecule has 0 saturated heterocycles. The molecule has 0 radical (unpaired) electrons. The fraction of sp³-hybridized carbons (Fsp3) is 0.0833. The molecule has 0 amide bonds. The quantitative estimate of drug-likeness (QED) is 0.529. The molecular formula is C12H6ClF3INO. The van der Waals surface area contributed by atoms with E-state index in [0.29, 0.717) is 5.56 Å². The van der Waals surface area contributed by atoms with Gasteiger partial charge in [-0.05, 0) is 34.7 Å². The van der Waals surface area contributed by atoms with E-state index in [1.165, 1.54) is 24.4 Å². The van der Waals surface area contributed by atoms with Crippen molar-refractivity contribution in [3.8, 4) is 16.9 Å². The molecule has 0 unspecified atom stereocenters. The second kappa shape index (κ2) is 5.54. The van der Waals surface area contributed by atoms with Crippen molar-refractivity contribution in [1.29, 1.82) is 0 Å². The zero-order valence-electron chi connectivity index (χ0n) is 9.21. The molecule has 0 bridgehead atoms. The smallest absolute Gasteiger partial charge is 0.405 e. The highest BCUT2D eigenvalue weighted by atomic mass is 127. The van der Waals surface area contributed by atoms with Gasteiger partial charge in [-0.1, -0.05) is 29.8 Å². The van der Waals surface area contributed by atoms with Crippen LogP contribution < -0.4 is 4.74 Å². The van der Waals surface area contributed by atoms with Gasteiger partial charge in [-0.15, -0.1) is 13.2 Å². The van der Waals surface area contributed by atoms with Crippen molar-refractivity contribution in [2.45, 2.75) is 6.36 Å². The van der Waals surface area contributed by atoms with E-state index in [1.54, 1.807) is 12.1 Å². The van der Waals surface area contributed by atoms with Crippen LogP contribution in [-0.2, 0) is 0 Å². The summed E-state index contributed by atoms with van der Waals surface area (Å²) in [6.07, 6.45) is -3.22. The van der Waals surface area contributed by atoms with Crippen LogP contribution in [0.4, 0.5) is 13.2 Å². The number of benzene rings is 1. The van der Waals surface area contributed by atoms with E-state index in [9.17, 15) is 13.2 Å². The van der Waals surface area contributed by atoms with E-state index in [4.69, 9.17) is 11.6 Å². The molecule has 7 heteroatoms. The molecule has 2 rings (SSSR count). The van der Waals surface area contributed by atoms with Crippen molar-refractivity contribution in [3.63, 3.8) is 0 Å². The first-order valence-corrected chi connectivity index (χ1v) is 6.49. The van der Waals surface area contributed by atoms with E-state index in [1.807, 2.05) is 22.6 Å². The summed E-state index contributed by atoms with van der Waals surface area (Å²) in [7, 11) is 0. The van der Waals surface area contributed by atoms with Gasteiger partial charge in [0.15, 0.2) is 0 Å². The Morgan fingerprint density at radius 1 is 1.16 bits per heavy atom. The number of rotatable bonds is 2. The number of ether oxygens (including phenoxy) is 1. The third-order valence-corrected chi connectivity index (χ3v) is 3.10. The second-order valence-corrected chi connectivity index (χ2v) is 5.14. The van der Waals surface area contributed by atoms with E-state index >= 15 is 0 Å². The molecule has 0 fully saturated rings. The lowest BCUT2D eigenvalue weighted by Crippen LogP contribution is -2.17. The van der Waals surface area contributed by atoms with Crippen LogP contribution in [0.1, 0.15) is 0 Å². The van der Waals surface area contributed by atoms with Crippen LogP contribution in [0.25, 0.3) is 11.1 Å². The third kappa shape index (κ3) is 3.73. The van der Waals surface area contributed by atoms with Gasteiger partial charge in [0.25, 0.3) is 0 Å². The van der Waals surface area contributed by atoms with Gasteiger partial charge in [-0.3, -0.25) is 0 Å². The first-order valence-electron chi connectivity index (χ1n) is 5.03. The van der Waals surface area contributed by atoms with Crippen LogP contribution in [0.15, 0.2) is 36.5 Å². The Labute approximate surface area is 125 Å². The minimum atomic E-state index is -4.75. The Hall–Kier alpha value is -1.02. The number of para-hydroxylation sites is 1. The molecule has 1 aromatic heterocycles. The van der Waals surface area contributed by atoms with Crippen LogP contribution in [-0.4, -0.2) is 11.3 Å². The maximum Gasteiger partial charge on any atom is 0.573 e. The lowest BCUT2D eigenvalue weighted by Gasteiger charge is -2.13. The fourth-order valence-corrected chi connectivity index (χ4v) is 2.17. The molecule has 19 heavy (non-hydrogen) atoms. The van der Waals surface area contributed by atoms with E-state index in [0.717, 1.165) is 3.57 Å². The predicted molar refractivity (Wildman–Crippen MR) is 74.1 cm³/mol. The molecule has 0 saturated carbocycles. The summed E-state index contributed by atoms with van der Waals surface area (Å²) in [5.41, 5.74) is 0.643. The van der Waals surface area contributed by atoms with Gasteiger partial charge in [-0.2, -0.15) is 0 Å². The fourth-order valence-electron chi connectivity index (χ4n) is 1.51. The number of halogens is 5. The lowest BCUT2D eigenvalue weighted by atomic mass is 10.1. The summed E-state index contributed by atoms with van der Waals surface area (Å²) in [6, 6.07) is 7.45. The molecule has 2 aromatic rings. The van der Waals surface area contributed by atoms with E-state index < -0.39 is 6.36 Å². The molecule has 1 heterocycles. The van der Waals surface area contributed by atoms with Gasteiger partial charge in [0.1, 0.15) is 10.9 Å². The van der Waals surface area contributed by atoms with Crippen molar-refractivity contribution >= 4 is 34.2 Å². The molecular weight excluding hydrogens is 393 g/mol. The number of pyridine rings is 1. The van der Waals surface area contributed by atoms with Crippen LogP contribution in [0.2, 0.25) is 5.15 Å². The monoisotopic (exact) mass is 399 g/mol. The summed E-state index contributed by atoms with van der Waals surface area (Å²) < 4.78 is 41.8. The van der Waals surface area contributed by atoms with Crippen LogP contribution in [0.3, 0.4) is 0 Å². The van der Waals surface area contributed by atoms with Crippen LogP contribution in [0, 0.1) is 3.57 Å². The van der Waals surface area contributed by atoms with Crippen molar-refractivity contribution in [2.75, 3.05) is 0 Å². The number of nitrogens with zero attached hydrogens (tertiary/aromatic N) is 1. The standard InChI is InChI=1S/C12H6ClF3INO/c13-11-9(5-7(17)6-18-11)8-3-1-2-4-10(8)19-12(14,15)16/h1-6H. The Morgan fingerprint density at radius 3 is 2.53 bits per heavy atom. The molecule has 0 spiro atoms. The topological polar surface area (TPSA) is 22.1 Å². The number of hydrogen-bond acceptors (Lipinski definition) is 2. The summed E-state index contributed by atoms with van der Waals surface area (Å²) in [6.45, 7) is 0. The summed E-state index contributed by atoms with van der Waals surface area (Å²) >= 11 is 7.93. The third-order valence-electron chi connectivity index (χ3n) is 2.21. The minimum Gasteiger partial charge on any atom is -0.405 e. The maximum atomic E-state index is 12.3. The largest absolute Gasteiger partial charge is 0.573 e. The number of hydrogen-bond donors (Lipinski definition) is 0. The van der Waals surface area contributed by atoms with Crippen molar-refractivity contribution in [3.05, 3.63) is 45.3 Å². The second-order valence-electron chi connectivity index (χ2n) is 3.54. The average molecular weight is 400 g/mol. The normalized spacial score (nSPS) is 11.4. The first-order chi connectivity index (χ1) is 8.87. The van der Waals surface area contributed by atoms with Gasteiger partial charge in [0.2, 0.25) is 0 Å². The Kier molecular flexibility index (Phi) is 4.19. The highest BCUT2D eigenvalue weighted by Crippen LogP contribution is 2.36. The first kappa shape index (κ1) is 14.4. The molecule has 100 valence electrons. The highest BCUT2D eigenvalue weighted by molar-refractivity contribution is 14.1. The van der Waals surface area contributed by atoms with Gasteiger partial charge in [-0.25, -0.2) is 4.98 Å². The Balaban J connectivity index is 2.53. The lowest BCUT2D eigenvalue weighted by molar-refractivity contribution is -0.274. The van der Waals surface area contributed by atoms with Gasteiger partial charge in [0.05, 0.1) is 0 Å².